The van der Waals surface area contributed by atoms with E-state index in [0.717, 1.165) is 31.5 Å². The van der Waals surface area contributed by atoms with E-state index in [1.807, 2.05) is 36.2 Å². The Hall–Kier alpha value is -1.85. The summed E-state index contributed by atoms with van der Waals surface area (Å²) in [6, 6.07) is 7.95. The zero-order valence-corrected chi connectivity index (χ0v) is 14.6. The van der Waals surface area contributed by atoms with Gasteiger partial charge in [-0.25, -0.2) is 4.98 Å². The normalized spacial score (nSPS) is 15.7. The molecule has 0 saturated carbocycles. The first-order chi connectivity index (χ1) is 11.7. The number of rotatable bonds is 5. The second-order valence-electron chi connectivity index (χ2n) is 6.07. The molecule has 5 nitrogen and oxygen atoms in total. The molecule has 1 amide bonds. The number of hydrogen-bond donors (Lipinski definition) is 1. The van der Waals surface area contributed by atoms with Crippen LogP contribution in [-0.4, -0.2) is 42.0 Å². The van der Waals surface area contributed by atoms with Gasteiger partial charge < -0.3 is 14.6 Å². The molecule has 0 bridgehead atoms. The highest BCUT2D eigenvalue weighted by Gasteiger charge is 2.21. The zero-order valence-electron chi connectivity index (χ0n) is 13.8. The molecule has 2 aromatic rings. The number of piperidine rings is 1. The Balaban J connectivity index is 1.52. The van der Waals surface area contributed by atoms with Crippen molar-refractivity contribution in [2.45, 2.75) is 31.7 Å². The van der Waals surface area contributed by atoms with Crippen LogP contribution in [0.15, 0.2) is 34.9 Å². The first kappa shape index (κ1) is 17.0. The number of aromatic nitrogens is 1. The molecule has 1 saturated heterocycles. The predicted octanol–water partition coefficient (Wildman–Crippen LogP) is 3.14. The second-order valence-corrected chi connectivity index (χ2v) is 6.51. The number of oxazole rings is 1. The van der Waals surface area contributed by atoms with E-state index in [1.54, 1.807) is 6.20 Å². The molecule has 1 aromatic heterocycles. The van der Waals surface area contributed by atoms with Crippen molar-refractivity contribution in [2.75, 3.05) is 20.1 Å². The molecule has 1 fully saturated rings. The summed E-state index contributed by atoms with van der Waals surface area (Å²) in [5.41, 5.74) is 0.929. The third-order valence-electron chi connectivity index (χ3n) is 4.49. The molecule has 24 heavy (non-hydrogen) atoms. The number of nitrogens with zero attached hydrogens (tertiary/aromatic N) is 2. The summed E-state index contributed by atoms with van der Waals surface area (Å²) >= 11 is 5.89. The Kier molecular flexibility index (Phi) is 5.53. The third kappa shape index (κ3) is 4.16. The Morgan fingerprint density at radius 3 is 2.71 bits per heavy atom. The highest BCUT2D eigenvalue weighted by atomic mass is 35.5. The highest BCUT2D eigenvalue weighted by Crippen LogP contribution is 2.23. The molecular weight excluding hydrogens is 326 g/mol. The fourth-order valence-corrected chi connectivity index (χ4v) is 3.09. The number of amides is 1. The quantitative estimate of drug-likeness (QED) is 0.902. The molecule has 0 unspecified atom stereocenters. The Bertz CT molecular complexity index is 676. The summed E-state index contributed by atoms with van der Waals surface area (Å²) in [4.78, 5) is 18.5. The fourth-order valence-electron chi connectivity index (χ4n) is 2.96. The van der Waals surface area contributed by atoms with Gasteiger partial charge in [-0.1, -0.05) is 11.6 Å². The molecule has 128 valence electrons. The van der Waals surface area contributed by atoms with Crippen molar-refractivity contribution in [1.82, 2.24) is 15.2 Å². The van der Waals surface area contributed by atoms with Gasteiger partial charge in [0.2, 0.25) is 5.91 Å². The van der Waals surface area contributed by atoms with E-state index in [2.05, 4.69) is 10.3 Å². The van der Waals surface area contributed by atoms with Crippen molar-refractivity contribution < 1.29 is 9.21 Å². The maximum Gasteiger partial charge on any atom is 0.223 e. The van der Waals surface area contributed by atoms with Gasteiger partial charge >= 0.3 is 0 Å². The van der Waals surface area contributed by atoms with E-state index in [0.29, 0.717) is 35.6 Å². The van der Waals surface area contributed by atoms with Gasteiger partial charge in [0.25, 0.3) is 0 Å². The molecule has 2 heterocycles. The summed E-state index contributed by atoms with van der Waals surface area (Å²) in [5.74, 6) is 1.47. The molecule has 3 rings (SSSR count). The maximum absolute atomic E-state index is 12.3. The summed E-state index contributed by atoms with van der Waals surface area (Å²) < 4.78 is 5.75. The van der Waals surface area contributed by atoms with E-state index in [4.69, 9.17) is 16.0 Å². The second kappa shape index (κ2) is 7.81. The first-order valence-corrected chi connectivity index (χ1v) is 8.69. The smallest absolute Gasteiger partial charge is 0.223 e. The van der Waals surface area contributed by atoms with Crippen LogP contribution in [-0.2, 0) is 11.2 Å². The van der Waals surface area contributed by atoms with Crippen LogP contribution < -0.4 is 5.32 Å². The standard InChI is InChI=1S/C18H22ClN3O2/c1-20-15-8-10-22(11-9-15)18(23)7-6-17-21-12-16(24-17)13-2-4-14(19)5-3-13/h2-5,12,15,20H,6-11H2,1H3. The van der Waals surface area contributed by atoms with Crippen LogP contribution in [0.25, 0.3) is 11.3 Å². The minimum Gasteiger partial charge on any atom is -0.441 e. The van der Waals surface area contributed by atoms with Crippen molar-refractivity contribution in [1.29, 1.82) is 0 Å². The van der Waals surface area contributed by atoms with E-state index in [-0.39, 0.29) is 5.91 Å². The van der Waals surface area contributed by atoms with Crippen molar-refractivity contribution in [3.63, 3.8) is 0 Å². The average Bonchev–Trinajstić information content (AvgIpc) is 3.09. The lowest BCUT2D eigenvalue weighted by atomic mass is 10.0. The lowest BCUT2D eigenvalue weighted by Gasteiger charge is -2.31. The number of halogens is 1. The molecule has 0 atom stereocenters. The SMILES string of the molecule is CNC1CCN(C(=O)CCc2ncc(-c3ccc(Cl)cc3)o2)CC1. The van der Waals surface area contributed by atoms with E-state index >= 15 is 0 Å². The van der Waals surface area contributed by atoms with Gasteiger partial charge in [0, 0.05) is 42.6 Å². The lowest BCUT2D eigenvalue weighted by Crippen LogP contribution is -2.44. The van der Waals surface area contributed by atoms with Gasteiger partial charge in [-0.15, -0.1) is 0 Å². The molecule has 1 aliphatic heterocycles. The van der Waals surface area contributed by atoms with Crippen molar-refractivity contribution in [2.24, 2.45) is 0 Å². The molecular formula is C18H22ClN3O2. The summed E-state index contributed by atoms with van der Waals surface area (Å²) in [6.45, 7) is 1.65. The molecule has 0 aliphatic carbocycles. The Morgan fingerprint density at radius 2 is 2.04 bits per heavy atom. The average molecular weight is 348 g/mol. The monoisotopic (exact) mass is 347 g/mol. The Labute approximate surface area is 147 Å². The van der Waals surface area contributed by atoms with Crippen LogP contribution in [0.5, 0.6) is 0 Å². The third-order valence-corrected chi connectivity index (χ3v) is 4.74. The topological polar surface area (TPSA) is 58.4 Å². The van der Waals surface area contributed by atoms with Crippen LogP contribution in [0.3, 0.4) is 0 Å². The number of carbonyl (C=O) groups excluding carboxylic acids is 1. The van der Waals surface area contributed by atoms with Gasteiger partial charge in [-0.05, 0) is 44.2 Å². The minimum atomic E-state index is 0.177. The lowest BCUT2D eigenvalue weighted by molar-refractivity contribution is -0.132. The molecule has 1 N–H and O–H groups in total. The summed E-state index contributed by atoms with van der Waals surface area (Å²) in [5, 5.41) is 3.96. The number of nitrogens with one attached hydrogen (secondary N) is 1. The van der Waals surface area contributed by atoms with Crippen molar-refractivity contribution >= 4 is 17.5 Å². The number of benzene rings is 1. The van der Waals surface area contributed by atoms with Gasteiger partial charge in [0.05, 0.1) is 6.20 Å². The van der Waals surface area contributed by atoms with Gasteiger partial charge in [-0.2, -0.15) is 0 Å². The number of aryl methyl sites for hydroxylation is 1. The van der Waals surface area contributed by atoms with Crippen molar-refractivity contribution in [3.05, 3.63) is 41.4 Å². The first-order valence-electron chi connectivity index (χ1n) is 8.31. The van der Waals surface area contributed by atoms with Gasteiger partial charge in [0.15, 0.2) is 11.7 Å². The molecule has 0 spiro atoms. The van der Waals surface area contributed by atoms with Crippen molar-refractivity contribution in [3.8, 4) is 11.3 Å². The van der Waals surface area contributed by atoms with Gasteiger partial charge in [0.1, 0.15) is 0 Å². The summed E-state index contributed by atoms with van der Waals surface area (Å²) in [7, 11) is 1.98. The predicted molar refractivity (Wildman–Crippen MR) is 93.9 cm³/mol. The number of hydrogen-bond acceptors (Lipinski definition) is 4. The largest absolute Gasteiger partial charge is 0.441 e. The molecule has 0 radical (unpaired) electrons. The number of carbonyl (C=O) groups is 1. The highest BCUT2D eigenvalue weighted by molar-refractivity contribution is 6.30. The Morgan fingerprint density at radius 1 is 1.33 bits per heavy atom. The fraction of sp³-hybridized carbons (Fsp3) is 0.444. The van der Waals surface area contributed by atoms with Crippen LogP contribution >= 0.6 is 11.6 Å². The molecule has 1 aliphatic rings. The molecule has 6 heteroatoms. The molecule has 1 aromatic carbocycles. The zero-order chi connectivity index (χ0) is 16.9. The van der Waals surface area contributed by atoms with E-state index in [1.165, 1.54) is 0 Å². The van der Waals surface area contributed by atoms with Crippen LogP contribution in [0.1, 0.15) is 25.2 Å². The minimum absolute atomic E-state index is 0.177. The van der Waals surface area contributed by atoms with E-state index in [9.17, 15) is 4.79 Å². The van der Waals surface area contributed by atoms with Crippen LogP contribution in [0.2, 0.25) is 5.02 Å². The maximum atomic E-state index is 12.3. The summed E-state index contributed by atoms with van der Waals surface area (Å²) in [6.07, 6.45) is 4.69. The number of likely N-dealkylation sites (tertiary alicyclic amines) is 1. The van der Waals surface area contributed by atoms with Crippen LogP contribution in [0.4, 0.5) is 0 Å². The van der Waals surface area contributed by atoms with Crippen LogP contribution in [0, 0.1) is 0 Å². The van der Waals surface area contributed by atoms with Gasteiger partial charge in [-0.3, -0.25) is 4.79 Å². The van der Waals surface area contributed by atoms with E-state index < -0.39 is 0 Å².